The fraction of sp³-hybridized carbons (Fsp3) is 0.370. The Balaban J connectivity index is 1.33. The third-order valence-corrected chi connectivity index (χ3v) is 6.54. The molecule has 1 amide bonds. The number of nitrogens with one attached hydrogen (secondary N) is 2. The van der Waals surface area contributed by atoms with Crippen LogP contribution in [0.25, 0.3) is 10.8 Å². The maximum absolute atomic E-state index is 12.9. The number of fused-ring (bicyclic) bond motifs is 1. The van der Waals surface area contributed by atoms with E-state index in [1.165, 1.54) is 13.1 Å². The Morgan fingerprint density at radius 3 is 2.58 bits per heavy atom. The number of piperidine rings is 1. The van der Waals surface area contributed by atoms with Crippen molar-refractivity contribution in [1.82, 2.24) is 15.2 Å². The van der Waals surface area contributed by atoms with Crippen molar-refractivity contribution in [2.75, 3.05) is 26.2 Å². The number of hydrogen-bond acceptors (Lipinski definition) is 6. The van der Waals surface area contributed by atoms with Crippen LogP contribution in [0.1, 0.15) is 35.7 Å². The number of ether oxygens (including phenoxy) is 2. The van der Waals surface area contributed by atoms with Crippen LogP contribution in [0.4, 0.5) is 0 Å². The first kappa shape index (κ1) is 25.7. The van der Waals surface area contributed by atoms with Gasteiger partial charge in [0.1, 0.15) is 18.0 Å². The molecule has 3 aromatic rings. The maximum Gasteiger partial charge on any atom is 0.303 e. The Kier molecular flexibility index (Phi) is 8.28. The minimum atomic E-state index is -0.503. The zero-order valence-electron chi connectivity index (χ0n) is 20.4. The molecule has 2 aromatic carbocycles. The minimum absolute atomic E-state index is 0.0986. The van der Waals surface area contributed by atoms with E-state index < -0.39 is 12.1 Å². The number of amides is 1. The highest BCUT2D eigenvalue weighted by Gasteiger charge is 2.25. The molecule has 1 atom stereocenters. The van der Waals surface area contributed by atoms with E-state index in [2.05, 4.69) is 15.2 Å². The van der Waals surface area contributed by atoms with Gasteiger partial charge in [0, 0.05) is 48.5 Å². The molecule has 0 bridgehead atoms. The number of carbonyl (C=O) groups is 2. The summed E-state index contributed by atoms with van der Waals surface area (Å²) in [5.74, 6) is 0.0957. The molecule has 0 radical (unpaired) electrons. The average molecular weight is 512 g/mol. The number of rotatable bonds is 8. The van der Waals surface area contributed by atoms with E-state index in [0.717, 1.165) is 37.2 Å². The van der Waals surface area contributed by atoms with Gasteiger partial charge in [-0.15, -0.1) is 0 Å². The number of halogens is 1. The molecule has 2 N–H and O–H groups in total. The van der Waals surface area contributed by atoms with Gasteiger partial charge in [-0.05, 0) is 49.6 Å². The summed E-state index contributed by atoms with van der Waals surface area (Å²) in [4.78, 5) is 41.5. The third-order valence-electron chi connectivity index (χ3n) is 6.30. The Morgan fingerprint density at radius 2 is 1.89 bits per heavy atom. The second-order valence-corrected chi connectivity index (χ2v) is 9.48. The van der Waals surface area contributed by atoms with Crippen LogP contribution < -0.4 is 15.6 Å². The van der Waals surface area contributed by atoms with Gasteiger partial charge in [0.2, 0.25) is 0 Å². The zero-order chi connectivity index (χ0) is 25.7. The molecule has 0 saturated carbocycles. The fourth-order valence-electron chi connectivity index (χ4n) is 4.50. The second kappa shape index (κ2) is 11.6. The van der Waals surface area contributed by atoms with E-state index in [1.54, 1.807) is 24.3 Å². The van der Waals surface area contributed by atoms with Crippen molar-refractivity contribution in [2.45, 2.75) is 38.9 Å². The molecule has 36 heavy (non-hydrogen) atoms. The van der Waals surface area contributed by atoms with Gasteiger partial charge in [0.25, 0.3) is 11.5 Å². The lowest BCUT2D eigenvalue weighted by molar-refractivity contribution is -0.147. The molecule has 2 heterocycles. The number of benzene rings is 2. The van der Waals surface area contributed by atoms with Crippen molar-refractivity contribution in [3.8, 4) is 5.75 Å². The number of carbonyl (C=O) groups excluding carboxylic acids is 2. The first-order chi connectivity index (χ1) is 17.3. The molecule has 8 nitrogen and oxygen atoms in total. The van der Waals surface area contributed by atoms with E-state index in [-0.39, 0.29) is 24.1 Å². The molecule has 4 rings (SSSR count). The maximum atomic E-state index is 12.9. The predicted molar refractivity (Wildman–Crippen MR) is 139 cm³/mol. The van der Waals surface area contributed by atoms with Gasteiger partial charge in [-0.1, -0.05) is 29.8 Å². The van der Waals surface area contributed by atoms with Gasteiger partial charge in [-0.25, -0.2) is 0 Å². The average Bonchev–Trinajstić information content (AvgIpc) is 2.85. The summed E-state index contributed by atoms with van der Waals surface area (Å²) in [7, 11) is 0. The summed E-state index contributed by atoms with van der Waals surface area (Å²) >= 11 is 6.04. The fourth-order valence-corrected chi connectivity index (χ4v) is 4.73. The summed E-state index contributed by atoms with van der Waals surface area (Å²) < 4.78 is 11.7. The molecule has 1 fully saturated rings. The molecular formula is C27H30ClN3O5. The Hall–Kier alpha value is -3.36. The van der Waals surface area contributed by atoms with Crippen molar-refractivity contribution >= 4 is 34.2 Å². The largest absolute Gasteiger partial charge is 0.490 e. The van der Waals surface area contributed by atoms with Crippen LogP contribution in [0.15, 0.2) is 53.5 Å². The highest BCUT2D eigenvalue weighted by molar-refractivity contribution is 6.30. The SMILES string of the molecule is CC(=O)OC(CNC(=O)c1c[nH]c(=O)c2ccccc12)CN1CCC(Oc2ccc(Cl)cc2C)CC1. The first-order valence-electron chi connectivity index (χ1n) is 12.0. The van der Waals surface area contributed by atoms with Gasteiger partial charge < -0.3 is 19.8 Å². The van der Waals surface area contributed by atoms with Gasteiger partial charge in [0.15, 0.2) is 0 Å². The third kappa shape index (κ3) is 6.44. The number of likely N-dealkylation sites (tertiary alicyclic amines) is 1. The first-order valence-corrected chi connectivity index (χ1v) is 12.4. The van der Waals surface area contributed by atoms with Crippen molar-refractivity contribution in [1.29, 1.82) is 0 Å². The molecule has 1 aromatic heterocycles. The molecule has 0 aliphatic carbocycles. The molecular weight excluding hydrogens is 482 g/mol. The zero-order valence-corrected chi connectivity index (χ0v) is 21.1. The van der Waals surface area contributed by atoms with E-state index in [0.29, 0.717) is 27.9 Å². The van der Waals surface area contributed by atoms with Crippen molar-refractivity contribution in [3.05, 3.63) is 75.2 Å². The summed E-state index contributed by atoms with van der Waals surface area (Å²) in [6.07, 6.45) is 2.68. The lowest BCUT2D eigenvalue weighted by Crippen LogP contribution is -2.46. The predicted octanol–water partition coefficient (Wildman–Crippen LogP) is 3.69. The molecule has 9 heteroatoms. The monoisotopic (exact) mass is 511 g/mol. The molecule has 1 unspecified atom stereocenters. The van der Waals surface area contributed by atoms with Crippen LogP contribution in [-0.2, 0) is 9.53 Å². The summed E-state index contributed by atoms with van der Waals surface area (Å²) in [6.45, 7) is 5.56. The highest BCUT2D eigenvalue weighted by Crippen LogP contribution is 2.25. The van der Waals surface area contributed by atoms with Gasteiger partial charge in [-0.2, -0.15) is 0 Å². The topological polar surface area (TPSA) is 101 Å². The van der Waals surface area contributed by atoms with Crippen LogP contribution in [0.2, 0.25) is 5.02 Å². The Morgan fingerprint density at radius 1 is 1.17 bits per heavy atom. The summed E-state index contributed by atoms with van der Waals surface area (Å²) in [5.41, 5.74) is 1.12. The van der Waals surface area contributed by atoms with Crippen molar-refractivity contribution in [2.24, 2.45) is 0 Å². The molecule has 0 spiro atoms. The highest BCUT2D eigenvalue weighted by atomic mass is 35.5. The molecule has 1 saturated heterocycles. The van der Waals surface area contributed by atoms with Crippen LogP contribution in [0.5, 0.6) is 5.75 Å². The lowest BCUT2D eigenvalue weighted by Gasteiger charge is -2.34. The van der Waals surface area contributed by atoms with Crippen LogP contribution in [0, 0.1) is 6.92 Å². The number of esters is 1. The van der Waals surface area contributed by atoms with Crippen LogP contribution in [-0.4, -0.2) is 60.1 Å². The number of pyridine rings is 1. The van der Waals surface area contributed by atoms with Crippen LogP contribution >= 0.6 is 11.6 Å². The van der Waals surface area contributed by atoms with E-state index in [9.17, 15) is 14.4 Å². The number of aromatic amines is 1. The van der Waals surface area contributed by atoms with Crippen molar-refractivity contribution in [3.63, 3.8) is 0 Å². The van der Waals surface area contributed by atoms with Gasteiger partial charge in [0.05, 0.1) is 12.1 Å². The number of nitrogens with zero attached hydrogens (tertiary/aromatic N) is 1. The Bertz CT molecular complexity index is 1300. The second-order valence-electron chi connectivity index (χ2n) is 9.05. The van der Waals surface area contributed by atoms with Gasteiger partial charge >= 0.3 is 5.97 Å². The summed E-state index contributed by atoms with van der Waals surface area (Å²) in [6, 6.07) is 12.6. The quantitative estimate of drug-likeness (QED) is 0.447. The molecule has 1 aliphatic rings. The van der Waals surface area contributed by atoms with Gasteiger partial charge in [-0.3, -0.25) is 19.3 Å². The number of hydrogen-bond donors (Lipinski definition) is 2. The number of aryl methyl sites for hydroxylation is 1. The number of H-pyrrole nitrogens is 1. The molecule has 190 valence electrons. The lowest BCUT2D eigenvalue weighted by atomic mass is 10.1. The normalized spacial score (nSPS) is 15.4. The number of aromatic nitrogens is 1. The molecule has 1 aliphatic heterocycles. The standard InChI is InChI=1S/C27H30ClN3O5/c1-17-13-19(28)7-8-25(17)36-20-9-11-31(12-10-20)16-21(35-18(2)32)14-29-27(34)24-15-30-26(33)23-6-4-3-5-22(23)24/h3-8,13,15,20-21H,9-12,14,16H2,1-2H3,(H,29,34)(H,30,33). The smallest absolute Gasteiger partial charge is 0.303 e. The van der Waals surface area contributed by atoms with E-state index in [1.807, 2.05) is 25.1 Å². The van der Waals surface area contributed by atoms with E-state index >= 15 is 0 Å². The van der Waals surface area contributed by atoms with Crippen LogP contribution in [0.3, 0.4) is 0 Å². The Labute approximate surface area is 214 Å². The van der Waals surface area contributed by atoms with Crippen molar-refractivity contribution < 1.29 is 19.1 Å². The summed E-state index contributed by atoms with van der Waals surface area (Å²) in [5, 5.41) is 4.56. The van der Waals surface area contributed by atoms with E-state index in [4.69, 9.17) is 21.1 Å². The minimum Gasteiger partial charge on any atom is -0.490 e.